The molecule has 1 aliphatic rings. The molecule has 138 valence electrons. The summed E-state index contributed by atoms with van der Waals surface area (Å²) in [6.45, 7) is 8.25. The first-order valence-corrected chi connectivity index (χ1v) is 8.57. The lowest BCUT2D eigenvalue weighted by atomic mass is 9.93. The van der Waals surface area contributed by atoms with Gasteiger partial charge >= 0.3 is 6.03 Å². The Morgan fingerprint density at radius 1 is 1.16 bits per heavy atom. The monoisotopic (exact) mass is 348 g/mol. The van der Waals surface area contributed by atoms with Crippen molar-refractivity contribution in [1.29, 1.82) is 0 Å². The quantitative estimate of drug-likeness (QED) is 0.680. The molecule has 0 radical (unpaired) electrons. The van der Waals surface area contributed by atoms with Gasteiger partial charge in [-0.3, -0.25) is 9.69 Å². The third-order valence-electron chi connectivity index (χ3n) is 4.41. The molecule has 1 fully saturated rings. The summed E-state index contributed by atoms with van der Waals surface area (Å²) in [5.74, 6) is -0.441. The third kappa shape index (κ3) is 6.03. The van der Waals surface area contributed by atoms with Crippen LogP contribution in [0.3, 0.4) is 0 Å². The highest BCUT2D eigenvalue weighted by Gasteiger charge is 2.25. The minimum absolute atomic E-state index is 0.198. The van der Waals surface area contributed by atoms with Crippen molar-refractivity contribution in [2.24, 2.45) is 11.1 Å². The van der Waals surface area contributed by atoms with Crippen LogP contribution in [0.15, 0.2) is 24.3 Å². The van der Waals surface area contributed by atoms with E-state index < -0.39 is 11.3 Å². The lowest BCUT2D eigenvalue weighted by molar-refractivity contribution is -0.125. The van der Waals surface area contributed by atoms with Gasteiger partial charge in [0.25, 0.3) is 0 Å². The van der Waals surface area contributed by atoms with Crippen molar-refractivity contribution in [1.82, 2.24) is 15.5 Å². The van der Waals surface area contributed by atoms with Crippen LogP contribution in [0.25, 0.3) is 0 Å². The average molecular weight is 348 g/mol. The maximum atomic E-state index is 12.0. The number of nitrogens with zero attached hydrogens (tertiary/aromatic N) is 1. The molecule has 7 nitrogen and oxygen atoms in total. The maximum absolute atomic E-state index is 12.0. The Labute approximate surface area is 148 Å². The second-order valence-electron chi connectivity index (χ2n) is 6.94. The van der Waals surface area contributed by atoms with Crippen LogP contribution < -0.4 is 16.4 Å². The van der Waals surface area contributed by atoms with Crippen LogP contribution in [-0.4, -0.2) is 49.7 Å². The normalized spacial score (nSPS) is 15.6. The van der Waals surface area contributed by atoms with Gasteiger partial charge in [-0.2, -0.15) is 0 Å². The molecule has 1 heterocycles. The number of rotatable bonds is 7. The number of nitrogens with two attached hydrogens (primary N) is 1. The van der Waals surface area contributed by atoms with Crippen LogP contribution >= 0.6 is 0 Å². The summed E-state index contributed by atoms with van der Waals surface area (Å²) in [7, 11) is 0. The Balaban J connectivity index is 1.85. The molecule has 0 aromatic heterocycles. The first-order valence-electron chi connectivity index (χ1n) is 8.57. The van der Waals surface area contributed by atoms with E-state index in [1.54, 1.807) is 13.8 Å². The molecule has 2 rings (SSSR count). The van der Waals surface area contributed by atoms with Gasteiger partial charge in [0.05, 0.1) is 18.6 Å². The van der Waals surface area contributed by atoms with E-state index in [-0.39, 0.29) is 12.6 Å². The van der Waals surface area contributed by atoms with Gasteiger partial charge in [-0.05, 0) is 25.0 Å². The largest absolute Gasteiger partial charge is 0.379 e. The molecule has 0 atom stereocenters. The van der Waals surface area contributed by atoms with Crippen LogP contribution in [0.2, 0.25) is 0 Å². The smallest absolute Gasteiger partial charge is 0.315 e. The van der Waals surface area contributed by atoms with E-state index in [1.165, 1.54) is 5.56 Å². The van der Waals surface area contributed by atoms with Gasteiger partial charge in [-0.15, -0.1) is 0 Å². The van der Waals surface area contributed by atoms with Crippen molar-refractivity contribution in [2.75, 3.05) is 32.8 Å². The van der Waals surface area contributed by atoms with Crippen LogP contribution in [0.4, 0.5) is 4.79 Å². The second-order valence-corrected chi connectivity index (χ2v) is 6.94. The standard InChI is InChI=1S/C18H28N4O3/c1-18(2,16(19)23)13-21-17(24)20-11-14-5-3-4-6-15(14)12-22-7-9-25-10-8-22/h3-6H,7-13H2,1-2H3,(H2,19,23)(H2,20,21,24). The molecule has 4 N–H and O–H groups in total. The van der Waals surface area contributed by atoms with Crippen molar-refractivity contribution in [2.45, 2.75) is 26.9 Å². The second kappa shape index (κ2) is 8.82. The Morgan fingerprint density at radius 3 is 2.44 bits per heavy atom. The molecule has 7 heteroatoms. The number of carbonyl (C=O) groups is 2. The third-order valence-corrected chi connectivity index (χ3v) is 4.41. The van der Waals surface area contributed by atoms with E-state index in [9.17, 15) is 9.59 Å². The minimum Gasteiger partial charge on any atom is -0.379 e. The van der Waals surface area contributed by atoms with Gasteiger partial charge in [-0.1, -0.05) is 24.3 Å². The minimum atomic E-state index is -0.772. The molecule has 1 aliphatic heterocycles. The summed E-state index contributed by atoms with van der Waals surface area (Å²) >= 11 is 0. The Morgan fingerprint density at radius 2 is 1.80 bits per heavy atom. The molecule has 3 amide bonds. The molecule has 25 heavy (non-hydrogen) atoms. The average Bonchev–Trinajstić information content (AvgIpc) is 2.60. The molecule has 0 unspecified atom stereocenters. The highest BCUT2D eigenvalue weighted by atomic mass is 16.5. The number of amides is 3. The Hall–Kier alpha value is -2.12. The lowest BCUT2D eigenvalue weighted by Crippen LogP contribution is -2.45. The SMILES string of the molecule is CC(C)(CNC(=O)NCc1ccccc1CN1CCOCC1)C(N)=O. The fourth-order valence-corrected chi connectivity index (χ4v) is 2.51. The fourth-order valence-electron chi connectivity index (χ4n) is 2.51. The molecule has 1 aromatic rings. The van der Waals surface area contributed by atoms with E-state index in [1.807, 2.05) is 18.2 Å². The topological polar surface area (TPSA) is 96.7 Å². The number of hydrogen-bond acceptors (Lipinski definition) is 4. The lowest BCUT2D eigenvalue weighted by Gasteiger charge is -2.27. The summed E-state index contributed by atoms with van der Waals surface area (Å²) < 4.78 is 5.38. The molecule has 0 bridgehead atoms. The van der Waals surface area contributed by atoms with Crippen LogP contribution in [-0.2, 0) is 22.6 Å². The first kappa shape index (κ1) is 19.2. The highest BCUT2D eigenvalue weighted by molar-refractivity contribution is 5.81. The van der Waals surface area contributed by atoms with Gasteiger partial charge in [-0.25, -0.2) is 4.79 Å². The number of hydrogen-bond donors (Lipinski definition) is 3. The number of carbonyl (C=O) groups excluding carboxylic acids is 2. The van der Waals surface area contributed by atoms with E-state index in [0.29, 0.717) is 6.54 Å². The molecular weight excluding hydrogens is 320 g/mol. The van der Waals surface area contributed by atoms with Gasteiger partial charge in [0.1, 0.15) is 0 Å². The van der Waals surface area contributed by atoms with Crippen molar-refractivity contribution in [3.63, 3.8) is 0 Å². The van der Waals surface area contributed by atoms with Crippen molar-refractivity contribution in [3.8, 4) is 0 Å². The molecular formula is C18H28N4O3. The highest BCUT2D eigenvalue weighted by Crippen LogP contribution is 2.13. The number of ether oxygens (including phenoxy) is 1. The van der Waals surface area contributed by atoms with Crippen LogP contribution in [0.5, 0.6) is 0 Å². The summed E-state index contributed by atoms with van der Waals surface area (Å²) in [4.78, 5) is 25.6. The van der Waals surface area contributed by atoms with Crippen LogP contribution in [0, 0.1) is 5.41 Å². The van der Waals surface area contributed by atoms with E-state index in [2.05, 4.69) is 21.6 Å². The fraction of sp³-hybridized carbons (Fsp3) is 0.556. The zero-order valence-electron chi connectivity index (χ0n) is 15.0. The molecule has 1 saturated heterocycles. The van der Waals surface area contributed by atoms with E-state index >= 15 is 0 Å². The molecule has 0 aliphatic carbocycles. The summed E-state index contributed by atoms with van der Waals surface area (Å²) in [6, 6.07) is 7.77. The zero-order chi connectivity index (χ0) is 18.3. The number of urea groups is 1. The van der Waals surface area contributed by atoms with Crippen molar-refractivity contribution >= 4 is 11.9 Å². The van der Waals surface area contributed by atoms with Gasteiger partial charge in [0, 0.05) is 32.7 Å². The number of benzene rings is 1. The summed E-state index contributed by atoms with van der Waals surface area (Å²) in [5, 5.41) is 5.54. The molecule has 1 aromatic carbocycles. The van der Waals surface area contributed by atoms with Gasteiger partial charge < -0.3 is 21.1 Å². The van der Waals surface area contributed by atoms with E-state index in [4.69, 9.17) is 10.5 Å². The Kier molecular flexibility index (Phi) is 6.78. The Bertz CT molecular complexity index is 598. The molecule has 0 saturated carbocycles. The predicted octanol–water partition coefficient (Wildman–Crippen LogP) is 0.830. The van der Waals surface area contributed by atoms with E-state index in [0.717, 1.165) is 38.4 Å². The summed E-state index contributed by atoms with van der Waals surface area (Å²) in [5.41, 5.74) is 6.81. The molecule has 0 spiro atoms. The van der Waals surface area contributed by atoms with Gasteiger partial charge in [0.2, 0.25) is 5.91 Å². The number of nitrogens with one attached hydrogen (secondary N) is 2. The number of morpholine rings is 1. The van der Waals surface area contributed by atoms with Crippen LogP contribution in [0.1, 0.15) is 25.0 Å². The maximum Gasteiger partial charge on any atom is 0.315 e. The van der Waals surface area contributed by atoms with Crippen molar-refractivity contribution in [3.05, 3.63) is 35.4 Å². The first-order chi connectivity index (χ1) is 11.9. The summed E-state index contributed by atoms with van der Waals surface area (Å²) in [6.07, 6.45) is 0. The zero-order valence-corrected chi connectivity index (χ0v) is 15.0. The predicted molar refractivity (Wildman–Crippen MR) is 95.8 cm³/mol. The number of primary amides is 1. The van der Waals surface area contributed by atoms with Crippen molar-refractivity contribution < 1.29 is 14.3 Å². The van der Waals surface area contributed by atoms with Gasteiger partial charge in [0.15, 0.2) is 0 Å².